The van der Waals surface area contributed by atoms with Crippen molar-refractivity contribution in [3.05, 3.63) is 53.9 Å². The molecule has 0 aliphatic carbocycles. The number of carbonyl (C=O) groups excluding carboxylic acids is 1. The Kier molecular flexibility index (Phi) is 3.97. The fraction of sp³-hybridized carbons (Fsp3) is 0.286. The van der Waals surface area contributed by atoms with Gasteiger partial charge in [-0.3, -0.25) is 9.48 Å². The zero-order chi connectivity index (χ0) is 13.8. The summed E-state index contributed by atoms with van der Waals surface area (Å²) in [4.78, 5) is 11.9. The highest BCUT2D eigenvalue weighted by atomic mass is 16.3. The Morgan fingerprint density at radius 2 is 2.00 bits per heavy atom. The van der Waals surface area contributed by atoms with Crippen molar-refractivity contribution in [3.8, 4) is 0 Å². The molecule has 2 unspecified atom stereocenters. The van der Waals surface area contributed by atoms with Crippen molar-refractivity contribution in [1.29, 1.82) is 0 Å². The third-order valence-corrected chi connectivity index (χ3v) is 2.95. The van der Waals surface area contributed by atoms with Crippen LogP contribution in [0, 0.1) is 0 Å². The zero-order valence-electron chi connectivity index (χ0n) is 10.9. The molecular formula is C14H17N3O2. The molecule has 0 fully saturated rings. The Morgan fingerprint density at radius 3 is 2.58 bits per heavy atom. The second kappa shape index (κ2) is 5.67. The molecule has 0 spiro atoms. The zero-order valence-corrected chi connectivity index (χ0v) is 10.9. The predicted octanol–water partition coefficient (Wildman–Crippen LogP) is 1.33. The summed E-state index contributed by atoms with van der Waals surface area (Å²) in [6.45, 7) is 1.85. The summed E-state index contributed by atoms with van der Waals surface area (Å²) in [5, 5.41) is 16.8. The fourth-order valence-electron chi connectivity index (χ4n) is 1.83. The molecule has 2 atom stereocenters. The second-order valence-corrected chi connectivity index (χ2v) is 4.49. The number of aliphatic hydroxyl groups excluding tert-OH is 1. The van der Waals surface area contributed by atoms with E-state index in [1.54, 1.807) is 35.1 Å². The Labute approximate surface area is 111 Å². The molecule has 0 radical (unpaired) electrons. The van der Waals surface area contributed by atoms with Crippen molar-refractivity contribution in [1.82, 2.24) is 15.1 Å². The standard InChI is InChI=1S/C14H17N3O2/c1-10(12-8-15-17(2)9-12)16-14(19)13(18)11-6-4-3-5-7-11/h3-10,13,18H,1-2H3,(H,16,19). The number of benzene rings is 1. The highest BCUT2D eigenvalue weighted by Gasteiger charge is 2.19. The highest BCUT2D eigenvalue weighted by Crippen LogP contribution is 2.15. The molecule has 5 heteroatoms. The molecule has 0 aliphatic heterocycles. The average Bonchev–Trinajstić information content (AvgIpc) is 2.85. The van der Waals surface area contributed by atoms with Crippen molar-refractivity contribution in [3.63, 3.8) is 0 Å². The molecule has 2 aromatic rings. The van der Waals surface area contributed by atoms with Gasteiger partial charge in [0.1, 0.15) is 0 Å². The minimum absolute atomic E-state index is 0.195. The van der Waals surface area contributed by atoms with Gasteiger partial charge in [-0.1, -0.05) is 30.3 Å². The SMILES string of the molecule is CC(NC(=O)C(O)c1ccccc1)c1cnn(C)c1. The van der Waals surface area contributed by atoms with Gasteiger partial charge >= 0.3 is 0 Å². The monoisotopic (exact) mass is 259 g/mol. The summed E-state index contributed by atoms with van der Waals surface area (Å²) >= 11 is 0. The molecule has 1 heterocycles. The summed E-state index contributed by atoms with van der Waals surface area (Å²) < 4.78 is 1.67. The van der Waals surface area contributed by atoms with Gasteiger partial charge in [0, 0.05) is 18.8 Å². The van der Waals surface area contributed by atoms with Gasteiger partial charge in [0.2, 0.25) is 0 Å². The topological polar surface area (TPSA) is 67.2 Å². The van der Waals surface area contributed by atoms with Gasteiger partial charge in [-0.05, 0) is 12.5 Å². The maximum absolute atomic E-state index is 11.9. The van der Waals surface area contributed by atoms with Gasteiger partial charge in [-0.15, -0.1) is 0 Å². The van der Waals surface area contributed by atoms with E-state index in [0.717, 1.165) is 5.56 Å². The molecule has 100 valence electrons. The molecule has 2 N–H and O–H groups in total. The van der Waals surface area contributed by atoms with Crippen LogP contribution in [0.5, 0.6) is 0 Å². The minimum Gasteiger partial charge on any atom is -0.378 e. The number of carbonyl (C=O) groups is 1. The number of nitrogens with one attached hydrogen (secondary N) is 1. The first kappa shape index (κ1) is 13.3. The molecule has 1 amide bonds. The number of rotatable bonds is 4. The molecule has 0 bridgehead atoms. The fourth-order valence-corrected chi connectivity index (χ4v) is 1.83. The quantitative estimate of drug-likeness (QED) is 0.870. The van der Waals surface area contributed by atoms with E-state index in [2.05, 4.69) is 10.4 Å². The van der Waals surface area contributed by atoms with Gasteiger partial charge in [0.15, 0.2) is 6.10 Å². The smallest absolute Gasteiger partial charge is 0.253 e. The lowest BCUT2D eigenvalue weighted by Crippen LogP contribution is -2.31. The second-order valence-electron chi connectivity index (χ2n) is 4.49. The molecule has 0 aliphatic rings. The Morgan fingerprint density at radius 1 is 1.32 bits per heavy atom. The van der Waals surface area contributed by atoms with Gasteiger partial charge in [0.25, 0.3) is 5.91 Å². The van der Waals surface area contributed by atoms with Crippen LogP contribution >= 0.6 is 0 Å². The molecule has 19 heavy (non-hydrogen) atoms. The van der Waals surface area contributed by atoms with Crippen LogP contribution in [0.4, 0.5) is 0 Å². The van der Waals surface area contributed by atoms with Crippen LogP contribution in [0.25, 0.3) is 0 Å². The first-order valence-corrected chi connectivity index (χ1v) is 6.10. The summed E-state index contributed by atoms with van der Waals surface area (Å²) in [5.41, 5.74) is 1.48. The molecule has 0 saturated carbocycles. The number of aryl methyl sites for hydroxylation is 1. The maximum Gasteiger partial charge on any atom is 0.253 e. The van der Waals surface area contributed by atoms with Gasteiger partial charge < -0.3 is 10.4 Å². The molecular weight excluding hydrogens is 242 g/mol. The molecule has 0 saturated heterocycles. The molecule has 1 aromatic heterocycles. The highest BCUT2D eigenvalue weighted by molar-refractivity contribution is 5.82. The first-order chi connectivity index (χ1) is 9.08. The molecule has 1 aromatic carbocycles. The summed E-state index contributed by atoms with van der Waals surface area (Å²) in [5.74, 6) is -0.414. The van der Waals surface area contributed by atoms with Crippen molar-refractivity contribution < 1.29 is 9.90 Å². The normalized spacial score (nSPS) is 13.8. The van der Waals surface area contributed by atoms with Crippen LogP contribution in [0.3, 0.4) is 0 Å². The van der Waals surface area contributed by atoms with E-state index in [4.69, 9.17) is 0 Å². The number of aromatic nitrogens is 2. The average molecular weight is 259 g/mol. The van der Waals surface area contributed by atoms with Gasteiger partial charge in [0.05, 0.1) is 12.2 Å². The Hall–Kier alpha value is -2.14. The van der Waals surface area contributed by atoms with Crippen LogP contribution in [-0.4, -0.2) is 20.8 Å². The third kappa shape index (κ3) is 3.20. The van der Waals surface area contributed by atoms with Crippen molar-refractivity contribution in [2.45, 2.75) is 19.1 Å². The Balaban J connectivity index is 2.01. The van der Waals surface area contributed by atoms with E-state index in [0.29, 0.717) is 5.56 Å². The lowest BCUT2D eigenvalue weighted by atomic mass is 10.1. The minimum atomic E-state index is -1.15. The van der Waals surface area contributed by atoms with E-state index in [9.17, 15) is 9.90 Å². The lowest BCUT2D eigenvalue weighted by molar-refractivity contribution is -0.130. The summed E-state index contributed by atoms with van der Waals surface area (Å²) in [7, 11) is 1.82. The largest absolute Gasteiger partial charge is 0.378 e. The van der Waals surface area contributed by atoms with Crippen LogP contribution in [0.1, 0.15) is 30.2 Å². The number of nitrogens with zero attached hydrogens (tertiary/aromatic N) is 2. The Bertz CT molecular complexity index is 551. The van der Waals surface area contributed by atoms with E-state index in [1.165, 1.54) is 0 Å². The number of amides is 1. The van der Waals surface area contributed by atoms with E-state index in [1.807, 2.05) is 26.2 Å². The van der Waals surface area contributed by atoms with Crippen LogP contribution < -0.4 is 5.32 Å². The lowest BCUT2D eigenvalue weighted by Gasteiger charge is -2.16. The third-order valence-electron chi connectivity index (χ3n) is 2.95. The van der Waals surface area contributed by atoms with Gasteiger partial charge in [-0.25, -0.2) is 0 Å². The molecule has 2 rings (SSSR count). The number of hydrogen-bond donors (Lipinski definition) is 2. The van der Waals surface area contributed by atoms with Crippen LogP contribution in [0.2, 0.25) is 0 Å². The van der Waals surface area contributed by atoms with Crippen LogP contribution in [-0.2, 0) is 11.8 Å². The van der Waals surface area contributed by atoms with E-state index < -0.39 is 12.0 Å². The number of hydrogen-bond acceptors (Lipinski definition) is 3. The summed E-state index contributed by atoms with van der Waals surface area (Å²) in [6.07, 6.45) is 2.37. The van der Waals surface area contributed by atoms with E-state index in [-0.39, 0.29) is 6.04 Å². The maximum atomic E-state index is 11.9. The van der Waals surface area contributed by atoms with Crippen molar-refractivity contribution >= 4 is 5.91 Å². The summed E-state index contributed by atoms with van der Waals surface area (Å²) in [6, 6.07) is 8.66. The van der Waals surface area contributed by atoms with E-state index >= 15 is 0 Å². The van der Waals surface area contributed by atoms with Crippen molar-refractivity contribution in [2.24, 2.45) is 7.05 Å². The van der Waals surface area contributed by atoms with Gasteiger partial charge in [-0.2, -0.15) is 5.10 Å². The molecule has 5 nitrogen and oxygen atoms in total. The number of aliphatic hydroxyl groups is 1. The predicted molar refractivity (Wildman–Crippen MR) is 71.2 cm³/mol. The van der Waals surface area contributed by atoms with Crippen molar-refractivity contribution in [2.75, 3.05) is 0 Å². The first-order valence-electron chi connectivity index (χ1n) is 6.10. The van der Waals surface area contributed by atoms with Crippen LogP contribution in [0.15, 0.2) is 42.7 Å².